The van der Waals surface area contributed by atoms with Crippen molar-refractivity contribution < 1.29 is 9.32 Å². The van der Waals surface area contributed by atoms with Gasteiger partial charge in [0, 0.05) is 12.1 Å². The number of rotatable bonds is 5. The number of hydrogen-bond acceptors (Lipinski definition) is 4. The number of benzene rings is 2. The van der Waals surface area contributed by atoms with E-state index in [0.29, 0.717) is 11.7 Å². The van der Waals surface area contributed by atoms with Crippen molar-refractivity contribution in [3.63, 3.8) is 0 Å². The molecule has 0 radical (unpaired) electrons. The van der Waals surface area contributed by atoms with Crippen LogP contribution in [-0.2, 0) is 4.79 Å². The Labute approximate surface area is 171 Å². The molecule has 1 aliphatic rings. The molecule has 2 aromatic carbocycles. The van der Waals surface area contributed by atoms with E-state index < -0.39 is 0 Å². The van der Waals surface area contributed by atoms with Gasteiger partial charge in [0.25, 0.3) is 0 Å². The number of piperidine rings is 1. The van der Waals surface area contributed by atoms with Crippen molar-refractivity contribution in [2.75, 3.05) is 6.54 Å². The van der Waals surface area contributed by atoms with Gasteiger partial charge in [-0.1, -0.05) is 72.2 Å². The van der Waals surface area contributed by atoms with E-state index >= 15 is 0 Å². The van der Waals surface area contributed by atoms with Gasteiger partial charge in [-0.3, -0.25) is 4.79 Å². The Bertz CT molecular complexity index is 950. The van der Waals surface area contributed by atoms with Crippen molar-refractivity contribution in [3.8, 4) is 11.4 Å². The smallest absolute Gasteiger partial charge is 0.249 e. The lowest BCUT2D eigenvalue weighted by Gasteiger charge is -2.35. The van der Waals surface area contributed by atoms with Crippen LogP contribution in [0.4, 0.5) is 0 Å². The second-order valence-corrected chi connectivity index (χ2v) is 7.74. The molecule has 150 valence electrons. The maximum absolute atomic E-state index is 13.5. The Balaban J connectivity index is 1.59. The number of aryl methyl sites for hydroxylation is 1. The van der Waals surface area contributed by atoms with Gasteiger partial charge in [-0.2, -0.15) is 4.98 Å². The van der Waals surface area contributed by atoms with Crippen LogP contribution in [0.25, 0.3) is 11.4 Å². The van der Waals surface area contributed by atoms with Crippen LogP contribution < -0.4 is 0 Å². The second kappa shape index (κ2) is 8.60. The van der Waals surface area contributed by atoms with Gasteiger partial charge in [0.05, 0.1) is 5.92 Å². The van der Waals surface area contributed by atoms with Crippen molar-refractivity contribution in [3.05, 3.63) is 71.6 Å². The molecule has 0 saturated carbocycles. The Morgan fingerprint density at radius 1 is 1.14 bits per heavy atom. The summed E-state index contributed by atoms with van der Waals surface area (Å²) < 4.78 is 5.63. The average Bonchev–Trinajstić information content (AvgIpc) is 3.25. The van der Waals surface area contributed by atoms with Gasteiger partial charge in [0.1, 0.15) is 6.04 Å². The number of carbonyl (C=O) groups is 1. The van der Waals surface area contributed by atoms with Gasteiger partial charge in [-0.05, 0) is 38.2 Å². The monoisotopic (exact) mass is 389 g/mol. The first kappa shape index (κ1) is 19.4. The zero-order valence-electron chi connectivity index (χ0n) is 17.0. The Hall–Kier alpha value is -2.95. The topological polar surface area (TPSA) is 59.2 Å². The highest BCUT2D eigenvalue weighted by Crippen LogP contribution is 2.34. The molecule has 1 aromatic heterocycles. The molecule has 1 amide bonds. The number of likely N-dealkylation sites (tertiary alicyclic amines) is 1. The number of hydrogen-bond donors (Lipinski definition) is 0. The van der Waals surface area contributed by atoms with Gasteiger partial charge in [-0.15, -0.1) is 0 Å². The number of carbonyl (C=O) groups excluding carboxylic acids is 1. The van der Waals surface area contributed by atoms with E-state index in [0.717, 1.165) is 43.4 Å². The molecule has 0 N–H and O–H groups in total. The van der Waals surface area contributed by atoms with E-state index in [1.807, 2.05) is 66.4 Å². The highest BCUT2D eigenvalue weighted by molar-refractivity contribution is 5.84. The predicted molar refractivity (Wildman–Crippen MR) is 112 cm³/mol. The zero-order valence-corrected chi connectivity index (χ0v) is 17.0. The molecular formula is C24H27N3O2. The third-order valence-corrected chi connectivity index (χ3v) is 5.73. The average molecular weight is 389 g/mol. The van der Waals surface area contributed by atoms with E-state index in [2.05, 4.69) is 17.1 Å². The molecular weight excluding hydrogens is 362 g/mol. The maximum Gasteiger partial charge on any atom is 0.249 e. The standard InChI is InChI=1S/C24H27N3O2/c1-3-20(18-9-5-4-6-10-18)24(28)27-16-8-7-11-21(27)23-25-22(26-29-23)19-14-12-17(2)13-15-19/h4-6,9-10,12-15,20-21H,3,7-8,11,16H2,1-2H3. The molecule has 2 atom stereocenters. The molecule has 2 heterocycles. The molecule has 5 nitrogen and oxygen atoms in total. The number of nitrogens with zero attached hydrogens (tertiary/aromatic N) is 3. The molecule has 5 heteroatoms. The summed E-state index contributed by atoms with van der Waals surface area (Å²) in [6.07, 6.45) is 3.68. The molecule has 3 aromatic rings. The molecule has 4 rings (SSSR count). The Morgan fingerprint density at radius 3 is 2.62 bits per heavy atom. The first-order valence-corrected chi connectivity index (χ1v) is 10.4. The van der Waals surface area contributed by atoms with Crippen LogP contribution in [0.15, 0.2) is 59.1 Å². The largest absolute Gasteiger partial charge is 0.337 e. The van der Waals surface area contributed by atoms with E-state index in [1.54, 1.807) is 0 Å². The molecule has 1 saturated heterocycles. The predicted octanol–water partition coefficient (Wildman–Crippen LogP) is 5.29. The van der Waals surface area contributed by atoms with Crippen molar-refractivity contribution in [1.82, 2.24) is 15.0 Å². The fraction of sp³-hybridized carbons (Fsp3) is 0.375. The van der Waals surface area contributed by atoms with Crippen LogP contribution in [0.3, 0.4) is 0 Å². The first-order valence-electron chi connectivity index (χ1n) is 10.4. The summed E-state index contributed by atoms with van der Waals surface area (Å²) in [5.41, 5.74) is 3.18. The van der Waals surface area contributed by atoms with Crippen LogP contribution in [0.1, 0.15) is 61.6 Å². The van der Waals surface area contributed by atoms with Crippen molar-refractivity contribution in [2.45, 2.75) is 51.5 Å². The third-order valence-electron chi connectivity index (χ3n) is 5.73. The summed E-state index contributed by atoms with van der Waals surface area (Å²) in [6, 6.07) is 17.9. The summed E-state index contributed by atoms with van der Waals surface area (Å²) in [5.74, 6) is 1.12. The van der Waals surface area contributed by atoms with E-state index in [1.165, 1.54) is 5.56 Å². The van der Waals surface area contributed by atoms with Gasteiger partial charge >= 0.3 is 0 Å². The maximum atomic E-state index is 13.5. The lowest BCUT2D eigenvalue weighted by atomic mass is 9.92. The highest BCUT2D eigenvalue weighted by Gasteiger charge is 2.35. The number of amides is 1. The van der Waals surface area contributed by atoms with Crippen LogP contribution in [0, 0.1) is 6.92 Å². The molecule has 2 unspecified atom stereocenters. The molecule has 1 aliphatic heterocycles. The molecule has 29 heavy (non-hydrogen) atoms. The summed E-state index contributed by atoms with van der Waals surface area (Å²) in [5, 5.41) is 4.18. The fourth-order valence-corrected chi connectivity index (χ4v) is 4.08. The van der Waals surface area contributed by atoms with Gasteiger partial charge in [0.15, 0.2) is 0 Å². The van der Waals surface area contributed by atoms with Crippen LogP contribution in [0.2, 0.25) is 0 Å². The molecule has 1 fully saturated rings. The molecule has 0 aliphatic carbocycles. The van der Waals surface area contributed by atoms with Gasteiger partial charge in [0.2, 0.25) is 17.6 Å². The minimum atomic E-state index is -0.152. The summed E-state index contributed by atoms with van der Waals surface area (Å²) in [6.45, 7) is 4.85. The number of aromatic nitrogens is 2. The Kier molecular flexibility index (Phi) is 5.74. The minimum Gasteiger partial charge on any atom is -0.337 e. The van der Waals surface area contributed by atoms with E-state index in [4.69, 9.17) is 4.52 Å². The first-order chi connectivity index (χ1) is 14.2. The van der Waals surface area contributed by atoms with Crippen LogP contribution in [-0.4, -0.2) is 27.5 Å². The quantitative estimate of drug-likeness (QED) is 0.595. The van der Waals surface area contributed by atoms with Crippen molar-refractivity contribution >= 4 is 5.91 Å². The normalized spacial score (nSPS) is 17.9. The molecule has 0 bridgehead atoms. The summed E-state index contributed by atoms with van der Waals surface area (Å²) in [7, 11) is 0. The highest BCUT2D eigenvalue weighted by atomic mass is 16.5. The lowest BCUT2D eigenvalue weighted by molar-refractivity contribution is -0.137. The third kappa shape index (κ3) is 4.09. The summed E-state index contributed by atoms with van der Waals surface area (Å²) in [4.78, 5) is 20.1. The molecule has 0 spiro atoms. The van der Waals surface area contributed by atoms with E-state index in [9.17, 15) is 4.79 Å². The fourth-order valence-electron chi connectivity index (χ4n) is 4.08. The van der Waals surface area contributed by atoms with Gasteiger partial charge < -0.3 is 9.42 Å². The van der Waals surface area contributed by atoms with Crippen LogP contribution in [0.5, 0.6) is 0 Å². The summed E-state index contributed by atoms with van der Waals surface area (Å²) >= 11 is 0. The minimum absolute atomic E-state index is 0.142. The lowest BCUT2D eigenvalue weighted by Crippen LogP contribution is -2.41. The Morgan fingerprint density at radius 2 is 1.90 bits per heavy atom. The van der Waals surface area contributed by atoms with Crippen LogP contribution >= 0.6 is 0 Å². The SMILES string of the molecule is CCC(C(=O)N1CCCCC1c1nc(-c2ccc(C)cc2)no1)c1ccccc1. The zero-order chi connectivity index (χ0) is 20.2. The van der Waals surface area contributed by atoms with Crippen molar-refractivity contribution in [1.29, 1.82) is 0 Å². The van der Waals surface area contributed by atoms with Crippen molar-refractivity contribution in [2.24, 2.45) is 0 Å². The van der Waals surface area contributed by atoms with E-state index in [-0.39, 0.29) is 17.9 Å². The van der Waals surface area contributed by atoms with Gasteiger partial charge in [-0.25, -0.2) is 0 Å². The second-order valence-electron chi connectivity index (χ2n) is 7.74.